The third kappa shape index (κ3) is 3.38. The standard InChI is InChI=1S/C14H15FN2O/c15-12-4-2-11(3-5-12)14(18)10-17(9-1-8-16)13-6-7-13/h2-5,13H,1,6-7,9-10H2. The molecule has 1 aromatic rings. The number of halogens is 1. The summed E-state index contributed by atoms with van der Waals surface area (Å²) in [6.07, 6.45) is 2.64. The van der Waals surface area contributed by atoms with E-state index in [4.69, 9.17) is 5.26 Å². The monoisotopic (exact) mass is 246 g/mol. The lowest BCUT2D eigenvalue weighted by Crippen LogP contribution is -2.32. The second-order valence-electron chi connectivity index (χ2n) is 4.54. The molecule has 94 valence electrons. The summed E-state index contributed by atoms with van der Waals surface area (Å²) in [4.78, 5) is 14.1. The minimum absolute atomic E-state index is 0.0140. The van der Waals surface area contributed by atoms with Crippen molar-refractivity contribution in [2.45, 2.75) is 25.3 Å². The molecule has 1 aliphatic carbocycles. The number of carbonyl (C=O) groups is 1. The van der Waals surface area contributed by atoms with E-state index in [-0.39, 0.29) is 11.6 Å². The van der Waals surface area contributed by atoms with Crippen molar-refractivity contribution in [2.24, 2.45) is 0 Å². The summed E-state index contributed by atoms with van der Waals surface area (Å²) < 4.78 is 12.8. The highest BCUT2D eigenvalue weighted by Gasteiger charge is 2.29. The first-order valence-corrected chi connectivity index (χ1v) is 6.10. The predicted octanol–water partition coefficient (Wildman–Crippen LogP) is 2.39. The van der Waals surface area contributed by atoms with Crippen molar-refractivity contribution in [1.29, 1.82) is 5.26 Å². The van der Waals surface area contributed by atoms with Gasteiger partial charge in [-0.2, -0.15) is 5.26 Å². The van der Waals surface area contributed by atoms with Crippen LogP contribution in [0.15, 0.2) is 24.3 Å². The summed E-state index contributed by atoms with van der Waals surface area (Å²) in [5, 5.41) is 8.60. The maximum Gasteiger partial charge on any atom is 0.176 e. The van der Waals surface area contributed by atoms with Crippen molar-refractivity contribution in [2.75, 3.05) is 13.1 Å². The van der Waals surface area contributed by atoms with E-state index in [1.54, 1.807) is 0 Å². The fourth-order valence-electron chi connectivity index (χ4n) is 1.94. The van der Waals surface area contributed by atoms with Crippen molar-refractivity contribution < 1.29 is 9.18 Å². The average Bonchev–Trinajstić information content (AvgIpc) is 3.19. The van der Waals surface area contributed by atoms with Gasteiger partial charge in [0.25, 0.3) is 0 Å². The minimum Gasteiger partial charge on any atom is -0.293 e. The maximum absolute atomic E-state index is 12.8. The lowest BCUT2D eigenvalue weighted by molar-refractivity contribution is 0.0926. The molecule has 0 radical (unpaired) electrons. The quantitative estimate of drug-likeness (QED) is 0.724. The molecule has 0 aliphatic heterocycles. The van der Waals surface area contributed by atoms with Gasteiger partial charge in [-0.05, 0) is 37.1 Å². The maximum atomic E-state index is 12.8. The molecule has 0 spiro atoms. The second-order valence-corrected chi connectivity index (χ2v) is 4.54. The molecular weight excluding hydrogens is 231 g/mol. The van der Waals surface area contributed by atoms with Crippen LogP contribution in [0.4, 0.5) is 4.39 Å². The van der Waals surface area contributed by atoms with Gasteiger partial charge < -0.3 is 0 Å². The topological polar surface area (TPSA) is 44.1 Å². The molecule has 0 atom stereocenters. The number of rotatable bonds is 6. The Hall–Kier alpha value is -1.73. The van der Waals surface area contributed by atoms with Crippen molar-refractivity contribution in [3.63, 3.8) is 0 Å². The first kappa shape index (κ1) is 12.7. The molecule has 1 aliphatic rings. The Labute approximate surface area is 106 Å². The highest BCUT2D eigenvalue weighted by atomic mass is 19.1. The molecule has 1 aromatic carbocycles. The van der Waals surface area contributed by atoms with Crippen LogP contribution in [0.1, 0.15) is 29.6 Å². The number of nitriles is 1. The third-order valence-electron chi connectivity index (χ3n) is 3.09. The molecule has 3 nitrogen and oxygen atoms in total. The summed E-state index contributed by atoms with van der Waals surface area (Å²) in [6.45, 7) is 0.950. The zero-order valence-electron chi connectivity index (χ0n) is 10.1. The molecule has 2 rings (SSSR count). The molecule has 0 saturated heterocycles. The zero-order valence-corrected chi connectivity index (χ0v) is 10.1. The van der Waals surface area contributed by atoms with Gasteiger partial charge in [0.15, 0.2) is 5.78 Å². The summed E-state index contributed by atoms with van der Waals surface area (Å²) >= 11 is 0. The largest absolute Gasteiger partial charge is 0.293 e. The number of Topliss-reactive ketones (excluding diaryl/α,β-unsaturated/α-hetero) is 1. The van der Waals surface area contributed by atoms with E-state index in [0.29, 0.717) is 31.1 Å². The van der Waals surface area contributed by atoms with Gasteiger partial charge >= 0.3 is 0 Å². The Kier molecular flexibility index (Phi) is 4.06. The summed E-state index contributed by atoms with van der Waals surface area (Å²) in [5.41, 5.74) is 0.527. The van der Waals surface area contributed by atoms with Crippen molar-refractivity contribution >= 4 is 5.78 Å². The summed E-state index contributed by atoms with van der Waals surface area (Å²) in [7, 11) is 0. The molecule has 1 fully saturated rings. The van der Waals surface area contributed by atoms with Crippen LogP contribution in [0.3, 0.4) is 0 Å². The molecule has 0 bridgehead atoms. The van der Waals surface area contributed by atoms with Gasteiger partial charge in [0.05, 0.1) is 12.6 Å². The Morgan fingerprint density at radius 2 is 2.06 bits per heavy atom. The molecule has 0 unspecified atom stereocenters. The van der Waals surface area contributed by atoms with Crippen LogP contribution in [-0.2, 0) is 0 Å². The van der Waals surface area contributed by atoms with E-state index in [2.05, 4.69) is 11.0 Å². The molecule has 1 saturated carbocycles. The van der Waals surface area contributed by atoms with Crippen molar-refractivity contribution in [1.82, 2.24) is 4.90 Å². The van der Waals surface area contributed by atoms with Gasteiger partial charge in [0.2, 0.25) is 0 Å². The summed E-state index contributed by atoms with van der Waals surface area (Å²) in [5.74, 6) is -0.352. The lowest BCUT2D eigenvalue weighted by Gasteiger charge is -2.19. The van der Waals surface area contributed by atoms with Gasteiger partial charge in [-0.3, -0.25) is 9.69 Å². The number of hydrogen-bond acceptors (Lipinski definition) is 3. The van der Waals surface area contributed by atoms with Gasteiger partial charge in [0, 0.05) is 24.6 Å². The highest BCUT2D eigenvalue weighted by Crippen LogP contribution is 2.27. The van der Waals surface area contributed by atoms with Crippen LogP contribution in [-0.4, -0.2) is 29.8 Å². The molecule has 0 heterocycles. The number of benzene rings is 1. The Morgan fingerprint density at radius 1 is 1.39 bits per heavy atom. The second kappa shape index (κ2) is 5.74. The average molecular weight is 246 g/mol. The van der Waals surface area contributed by atoms with E-state index in [0.717, 1.165) is 12.8 Å². The van der Waals surface area contributed by atoms with E-state index in [9.17, 15) is 9.18 Å². The van der Waals surface area contributed by atoms with Crippen molar-refractivity contribution in [3.05, 3.63) is 35.6 Å². The Balaban J connectivity index is 1.96. The van der Waals surface area contributed by atoms with Crippen LogP contribution < -0.4 is 0 Å². The number of carbonyl (C=O) groups excluding carboxylic acids is 1. The fourth-order valence-corrected chi connectivity index (χ4v) is 1.94. The van der Waals surface area contributed by atoms with Gasteiger partial charge in [-0.1, -0.05) is 0 Å². The molecule has 18 heavy (non-hydrogen) atoms. The molecule has 0 N–H and O–H groups in total. The first-order valence-electron chi connectivity index (χ1n) is 6.10. The molecule has 0 amide bonds. The Morgan fingerprint density at radius 3 is 2.61 bits per heavy atom. The SMILES string of the molecule is N#CCCN(CC(=O)c1ccc(F)cc1)C1CC1. The van der Waals surface area contributed by atoms with Crippen LogP contribution >= 0.6 is 0 Å². The van der Waals surface area contributed by atoms with Crippen molar-refractivity contribution in [3.8, 4) is 6.07 Å². The van der Waals surface area contributed by atoms with Crippen LogP contribution in [0, 0.1) is 17.1 Å². The number of ketones is 1. The van der Waals surface area contributed by atoms with Crippen LogP contribution in [0.2, 0.25) is 0 Å². The third-order valence-corrected chi connectivity index (χ3v) is 3.09. The first-order chi connectivity index (χ1) is 8.70. The van der Waals surface area contributed by atoms with E-state index < -0.39 is 0 Å². The normalized spacial score (nSPS) is 14.5. The fraction of sp³-hybridized carbons (Fsp3) is 0.429. The Bertz CT molecular complexity index is 460. The van der Waals surface area contributed by atoms with Crippen LogP contribution in [0.25, 0.3) is 0 Å². The summed E-state index contributed by atoms with van der Waals surface area (Å²) in [6, 6.07) is 8.15. The van der Waals surface area contributed by atoms with E-state index >= 15 is 0 Å². The smallest absolute Gasteiger partial charge is 0.176 e. The molecular formula is C14H15FN2O. The van der Waals surface area contributed by atoms with Crippen LogP contribution in [0.5, 0.6) is 0 Å². The van der Waals surface area contributed by atoms with Gasteiger partial charge in [-0.25, -0.2) is 4.39 Å². The number of hydrogen-bond donors (Lipinski definition) is 0. The highest BCUT2D eigenvalue weighted by molar-refractivity contribution is 5.97. The van der Waals surface area contributed by atoms with E-state index in [1.807, 2.05) is 0 Å². The van der Waals surface area contributed by atoms with Gasteiger partial charge in [0.1, 0.15) is 5.82 Å². The molecule has 0 aromatic heterocycles. The lowest BCUT2D eigenvalue weighted by atomic mass is 10.1. The predicted molar refractivity (Wildman–Crippen MR) is 65.6 cm³/mol. The van der Waals surface area contributed by atoms with Gasteiger partial charge in [-0.15, -0.1) is 0 Å². The molecule has 4 heteroatoms. The number of nitrogens with zero attached hydrogens (tertiary/aromatic N) is 2. The minimum atomic E-state index is -0.338. The van der Waals surface area contributed by atoms with E-state index in [1.165, 1.54) is 24.3 Å². The zero-order chi connectivity index (χ0) is 13.0.